The molecule has 0 saturated heterocycles. The van der Waals surface area contributed by atoms with Crippen LogP contribution < -0.4 is 19.2 Å². The number of hydrogen-bond donors (Lipinski definition) is 2. The molecular weight excluding hydrogens is 690 g/mol. The fourth-order valence-corrected chi connectivity index (χ4v) is 9.84. The second-order valence-corrected chi connectivity index (χ2v) is 15.5. The zero-order valence-corrected chi connectivity index (χ0v) is 29.4. The summed E-state index contributed by atoms with van der Waals surface area (Å²) >= 11 is 12.9. The number of hydrogen-bond acceptors (Lipinski definition) is 4. The van der Waals surface area contributed by atoms with Gasteiger partial charge < -0.3 is 0 Å². The molecule has 0 aromatic heterocycles. The lowest BCUT2D eigenvalue weighted by Gasteiger charge is -2.24. The molecule has 2 N–H and O–H groups in total. The van der Waals surface area contributed by atoms with Crippen molar-refractivity contribution in [2.75, 3.05) is 10.2 Å². The van der Waals surface area contributed by atoms with Gasteiger partial charge in [0.25, 0.3) is 0 Å². The molecule has 4 nitrogen and oxygen atoms in total. The molecule has 244 valence electrons. The normalized spacial score (nSPS) is 15.6. The summed E-state index contributed by atoms with van der Waals surface area (Å²) < 4.78 is 14.8. The Kier molecular flexibility index (Phi) is 7.01. The molecule has 2 heterocycles. The first-order valence-corrected chi connectivity index (χ1v) is 19.1. The predicted octanol–water partition coefficient (Wildman–Crippen LogP) is 14.0. The topological polar surface area (TPSA) is 42.5 Å². The monoisotopic (exact) mass is 717 g/mol. The van der Waals surface area contributed by atoms with Crippen molar-refractivity contribution in [2.45, 2.75) is 0 Å². The Morgan fingerprint density at radius 2 is 1.00 bits per heavy atom. The summed E-state index contributed by atoms with van der Waals surface area (Å²) in [6, 6.07) is 53.9. The van der Waals surface area contributed by atoms with E-state index in [0.29, 0.717) is 10.0 Å². The molecule has 51 heavy (non-hydrogen) atoms. The van der Waals surface area contributed by atoms with E-state index in [1.807, 2.05) is 48.5 Å². The molecule has 1 spiro atoms. The van der Waals surface area contributed by atoms with Crippen LogP contribution in [0, 0.1) is 0 Å². The second kappa shape index (κ2) is 11.8. The number of fused-ring (bicyclic) bond motifs is 10. The van der Waals surface area contributed by atoms with Crippen LogP contribution >= 0.6 is 31.2 Å². The SMILES string of the molecule is Clc1ccc(-c2cc3ccccc3c3c2N[P+]2(Nc4ccccc4-c4ccccc4O2)Oc2c(-c4ccc(Cl)cc4)cc4ccccc4c2-3)cc1. The highest BCUT2D eigenvalue weighted by molar-refractivity contribution is 7.70. The number of para-hydroxylation sites is 2. The lowest BCUT2D eigenvalue weighted by molar-refractivity contribution is 0.479. The number of nitrogens with one attached hydrogen (secondary N) is 2. The predicted molar refractivity (Wildman–Crippen MR) is 215 cm³/mol. The van der Waals surface area contributed by atoms with Gasteiger partial charge in [0.05, 0.1) is 11.4 Å². The van der Waals surface area contributed by atoms with Crippen LogP contribution in [0.15, 0.2) is 158 Å². The highest BCUT2D eigenvalue weighted by atomic mass is 35.5. The van der Waals surface area contributed by atoms with Gasteiger partial charge in [0.1, 0.15) is 0 Å². The van der Waals surface area contributed by atoms with Crippen molar-refractivity contribution in [3.8, 4) is 56.0 Å². The standard InChI is InChI=1S/C44H28Cl2N2O2P/c45-31-21-17-27(18-22-31)37-25-29-9-1-3-11-33(29)41-42-34-12-4-2-10-30(34)26-38(28-19-23-32(46)24-20-28)44(42)50-51(48-43(37)41)47-39-15-7-5-13-35(39)36-14-6-8-16-40(36)49-51/h1-26,47-48H/q+1. The Morgan fingerprint density at radius 1 is 0.451 bits per heavy atom. The van der Waals surface area contributed by atoms with Crippen LogP contribution in [-0.2, 0) is 0 Å². The van der Waals surface area contributed by atoms with E-state index >= 15 is 0 Å². The van der Waals surface area contributed by atoms with Gasteiger partial charge in [0, 0.05) is 43.4 Å². The average Bonchev–Trinajstić information content (AvgIpc) is 3.39. The van der Waals surface area contributed by atoms with Gasteiger partial charge in [-0.1, -0.05) is 132 Å². The van der Waals surface area contributed by atoms with E-state index in [1.165, 1.54) is 0 Å². The first kappa shape index (κ1) is 30.3. The highest BCUT2D eigenvalue weighted by Crippen LogP contribution is 2.69. The van der Waals surface area contributed by atoms with Crippen molar-refractivity contribution in [3.05, 3.63) is 168 Å². The molecule has 0 bridgehead atoms. The van der Waals surface area contributed by atoms with Gasteiger partial charge in [-0.05, 0) is 81.2 Å². The fraction of sp³-hybridized carbons (Fsp3) is 0. The molecule has 10 rings (SSSR count). The van der Waals surface area contributed by atoms with Crippen LogP contribution in [-0.4, -0.2) is 0 Å². The Bertz CT molecular complexity index is 2490. The van der Waals surface area contributed by atoms with Gasteiger partial charge in [-0.15, -0.1) is 0 Å². The maximum atomic E-state index is 7.56. The Balaban J connectivity index is 1.38. The Morgan fingerprint density at radius 3 is 1.71 bits per heavy atom. The van der Waals surface area contributed by atoms with Crippen LogP contribution in [0.1, 0.15) is 0 Å². The summed E-state index contributed by atoms with van der Waals surface area (Å²) in [5.74, 6) is 1.45. The van der Waals surface area contributed by atoms with Gasteiger partial charge >= 0.3 is 8.02 Å². The molecule has 8 aromatic rings. The van der Waals surface area contributed by atoms with Crippen LogP contribution in [0.2, 0.25) is 10.0 Å². The summed E-state index contributed by atoms with van der Waals surface area (Å²) in [6.45, 7) is 0. The van der Waals surface area contributed by atoms with Crippen molar-refractivity contribution in [1.82, 2.24) is 0 Å². The molecule has 1 atom stereocenters. The maximum Gasteiger partial charge on any atom is 0.572 e. The van der Waals surface area contributed by atoms with Gasteiger partial charge in [-0.2, -0.15) is 10.2 Å². The van der Waals surface area contributed by atoms with E-state index in [4.69, 9.17) is 32.2 Å². The molecule has 1 unspecified atom stereocenters. The number of halogens is 2. The molecule has 8 aromatic carbocycles. The molecule has 0 fully saturated rings. The Hall–Kier alpha value is -5.51. The fourth-order valence-electron chi connectivity index (χ4n) is 7.39. The van der Waals surface area contributed by atoms with Crippen molar-refractivity contribution in [1.29, 1.82) is 0 Å². The minimum absolute atomic E-state index is 0.670. The summed E-state index contributed by atoms with van der Waals surface area (Å²) in [5, 5.41) is 13.5. The zero-order chi connectivity index (χ0) is 34.1. The summed E-state index contributed by atoms with van der Waals surface area (Å²) in [7, 11) is -3.32. The number of rotatable bonds is 2. The van der Waals surface area contributed by atoms with Crippen LogP contribution in [0.4, 0.5) is 11.4 Å². The summed E-state index contributed by atoms with van der Waals surface area (Å²) in [5.41, 5.74) is 9.81. The zero-order valence-electron chi connectivity index (χ0n) is 27.0. The second-order valence-electron chi connectivity index (χ2n) is 12.8. The van der Waals surface area contributed by atoms with Gasteiger partial charge in [0.15, 0.2) is 5.75 Å². The molecule has 0 amide bonds. The third-order valence-corrected chi connectivity index (χ3v) is 12.1. The molecule has 0 radical (unpaired) electrons. The van der Waals surface area contributed by atoms with Crippen molar-refractivity contribution < 1.29 is 9.05 Å². The van der Waals surface area contributed by atoms with E-state index in [-0.39, 0.29) is 0 Å². The molecule has 2 aliphatic rings. The first-order valence-electron chi connectivity index (χ1n) is 16.7. The molecule has 0 aliphatic carbocycles. The molecule has 0 saturated carbocycles. The molecule has 2 aliphatic heterocycles. The van der Waals surface area contributed by atoms with E-state index in [2.05, 4.69) is 119 Å². The lowest BCUT2D eigenvalue weighted by Crippen LogP contribution is -2.23. The number of benzene rings is 8. The van der Waals surface area contributed by atoms with Crippen LogP contribution in [0.5, 0.6) is 11.5 Å². The largest absolute Gasteiger partial charge is 0.572 e. The highest BCUT2D eigenvalue weighted by Gasteiger charge is 2.54. The maximum absolute atomic E-state index is 7.56. The quantitative estimate of drug-likeness (QED) is 0.175. The van der Waals surface area contributed by atoms with Gasteiger partial charge in [-0.3, -0.25) is 9.05 Å². The molecular formula is C44H28Cl2N2O2P+. The van der Waals surface area contributed by atoms with Gasteiger partial charge in [0.2, 0.25) is 5.75 Å². The summed E-state index contributed by atoms with van der Waals surface area (Å²) in [4.78, 5) is 0. The minimum atomic E-state index is -3.32. The van der Waals surface area contributed by atoms with E-state index in [1.54, 1.807) is 0 Å². The Labute approximate surface area is 305 Å². The third kappa shape index (κ3) is 5.02. The van der Waals surface area contributed by atoms with Crippen molar-refractivity contribution in [2.24, 2.45) is 0 Å². The first-order chi connectivity index (χ1) is 25.0. The van der Waals surface area contributed by atoms with Crippen molar-refractivity contribution >= 4 is 64.1 Å². The van der Waals surface area contributed by atoms with Crippen LogP contribution in [0.25, 0.3) is 66.1 Å². The number of anilines is 2. The van der Waals surface area contributed by atoms with Gasteiger partial charge in [-0.25, -0.2) is 0 Å². The minimum Gasteiger partial charge on any atom is -0.264 e. The lowest BCUT2D eigenvalue weighted by atomic mass is 9.86. The summed E-state index contributed by atoms with van der Waals surface area (Å²) in [6.07, 6.45) is 0. The van der Waals surface area contributed by atoms with E-state index in [0.717, 1.165) is 88.9 Å². The van der Waals surface area contributed by atoms with E-state index < -0.39 is 8.02 Å². The van der Waals surface area contributed by atoms with Crippen LogP contribution in [0.3, 0.4) is 0 Å². The molecule has 7 heteroatoms. The van der Waals surface area contributed by atoms with E-state index in [9.17, 15) is 0 Å². The van der Waals surface area contributed by atoms with Crippen molar-refractivity contribution in [3.63, 3.8) is 0 Å². The average molecular weight is 719 g/mol. The third-order valence-electron chi connectivity index (χ3n) is 9.69. The smallest absolute Gasteiger partial charge is 0.264 e.